The van der Waals surface area contributed by atoms with Crippen LogP contribution in [0.2, 0.25) is 0 Å². The van der Waals surface area contributed by atoms with Crippen LogP contribution in [0.1, 0.15) is 42.0 Å². The minimum Gasteiger partial charge on any atom is -0.464 e. The Morgan fingerprint density at radius 1 is 1.33 bits per heavy atom. The van der Waals surface area contributed by atoms with E-state index < -0.39 is 65.0 Å². The van der Waals surface area contributed by atoms with E-state index in [0.29, 0.717) is 5.75 Å². The van der Waals surface area contributed by atoms with Gasteiger partial charge in [0, 0.05) is 19.7 Å². The molecule has 0 saturated heterocycles. The predicted octanol–water partition coefficient (Wildman–Crippen LogP) is 1.61. The molecule has 6 atom stereocenters. The number of nitrogens with one attached hydrogen (secondary N) is 2. The first kappa shape index (κ1) is 27.0. The third-order valence-electron chi connectivity index (χ3n) is 5.70. The lowest BCUT2D eigenvalue weighted by Crippen LogP contribution is -2.61. The van der Waals surface area contributed by atoms with Crippen molar-refractivity contribution in [1.29, 1.82) is 0 Å². The number of aliphatic hydroxyl groups is 1. The fourth-order valence-electron chi connectivity index (χ4n) is 4.44. The van der Waals surface area contributed by atoms with Crippen molar-refractivity contribution in [2.24, 2.45) is 17.8 Å². The van der Waals surface area contributed by atoms with Crippen molar-refractivity contribution in [3.63, 3.8) is 0 Å². The van der Waals surface area contributed by atoms with Gasteiger partial charge in [-0.25, -0.2) is 9.59 Å². The molecule has 2 amide bonds. The number of rotatable bonds is 10. The zero-order valence-electron chi connectivity index (χ0n) is 19.7. The van der Waals surface area contributed by atoms with Crippen LogP contribution in [0.15, 0.2) is 12.8 Å². The highest BCUT2D eigenvalue weighted by molar-refractivity contribution is 7.98. The van der Waals surface area contributed by atoms with Crippen molar-refractivity contribution < 1.29 is 39.9 Å². The van der Waals surface area contributed by atoms with Crippen molar-refractivity contribution in [3.8, 4) is 0 Å². The van der Waals surface area contributed by atoms with Crippen LogP contribution < -0.4 is 10.6 Å². The standard InChI is InChI=1S/C22H34N2O8S.H2/c1-7-30-18(27)15-14-13(25)11-22(16(14)15,19(28)31-8-2)24-17(26)12(9-10-33-6)23-20(29)32-21(3,4)5;/h7,12-16,25H,1,8-11H2,2-6H3,(H,23,29)(H,24,26);1H/t12?,13-,14-,15-,16-,22+;/m0./s1. The number of hydrogen-bond acceptors (Lipinski definition) is 9. The number of hydrogen-bond donors (Lipinski definition) is 3. The van der Waals surface area contributed by atoms with E-state index in [-0.39, 0.29) is 20.9 Å². The Hall–Kier alpha value is -2.27. The topological polar surface area (TPSA) is 140 Å². The van der Waals surface area contributed by atoms with Gasteiger partial charge >= 0.3 is 18.0 Å². The maximum atomic E-state index is 13.3. The molecule has 11 heteroatoms. The molecular formula is C22H36N2O8S. The quantitative estimate of drug-likeness (QED) is 0.238. The van der Waals surface area contributed by atoms with Gasteiger partial charge in [0.15, 0.2) is 0 Å². The van der Waals surface area contributed by atoms with Gasteiger partial charge in [-0.3, -0.25) is 9.59 Å². The highest BCUT2D eigenvalue weighted by Gasteiger charge is 2.76. The average Bonchev–Trinajstić information content (AvgIpc) is 3.39. The Morgan fingerprint density at radius 2 is 2.00 bits per heavy atom. The van der Waals surface area contributed by atoms with E-state index in [9.17, 15) is 24.3 Å². The molecule has 1 unspecified atom stereocenters. The van der Waals surface area contributed by atoms with E-state index in [4.69, 9.17) is 14.2 Å². The first-order valence-corrected chi connectivity index (χ1v) is 12.3. The van der Waals surface area contributed by atoms with Crippen LogP contribution in [0.3, 0.4) is 0 Å². The minimum absolute atomic E-state index is 0. The summed E-state index contributed by atoms with van der Waals surface area (Å²) >= 11 is 1.49. The van der Waals surface area contributed by atoms with Crippen LogP contribution in [0, 0.1) is 17.8 Å². The molecule has 2 saturated carbocycles. The Bertz CT molecular complexity index is 789. The van der Waals surface area contributed by atoms with Crippen molar-refractivity contribution >= 4 is 35.7 Å². The molecule has 0 bridgehead atoms. The molecule has 2 rings (SSSR count). The van der Waals surface area contributed by atoms with Gasteiger partial charge in [0.2, 0.25) is 5.91 Å². The first-order chi connectivity index (χ1) is 15.4. The molecule has 33 heavy (non-hydrogen) atoms. The van der Waals surface area contributed by atoms with Crippen LogP contribution in [0.4, 0.5) is 4.79 Å². The molecule has 10 nitrogen and oxygen atoms in total. The molecule has 188 valence electrons. The molecule has 0 aromatic rings. The molecule has 0 aromatic carbocycles. The highest BCUT2D eigenvalue weighted by Crippen LogP contribution is 2.63. The van der Waals surface area contributed by atoms with Crippen LogP contribution in [0.25, 0.3) is 0 Å². The molecular weight excluding hydrogens is 452 g/mol. The summed E-state index contributed by atoms with van der Waals surface area (Å²) < 4.78 is 15.3. The van der Waals surface area contributed by atoms with Gasteiger partial charge < -0.3 is 30.0 Å². The van der Waals surface area contributed by atoms with Crippen LogP contribution in [-0.2, 0) is 28.6 Å². The number of aliphatic hydroxyl groups excluding tert-OH is 1. The van der Waals surface area contributed by atoms with E-state index in [1.165, 1.54) is 11.8 Å². The lowest BCUT2D eigenvalue weighted by atomic mass is 9.88. The van der Waals surface area contributed by atoms with Crippen molar-refractivity contribution in [2.75, 3.05) is 18.6 Å². The lowest BCUT2D eigenvalue weighted by Gasteiger charge is -2.33. The van der Waals surface area contributed by atoms with Gasteiger partial charge in [0.05, 0.1) is 24.9 Å². The second-order valence-corrected chi connectivity index (χ2v) is 10.2. The number of amides is 2. The maximum Gasteiger partial charge on any atom is 0.408 e. The van der Waals surface area contributed by atoms with E-state index in [2.05, 4.69) is 17.2 Å². The summed E-state index contributed by atoms with van der Waals surface area (Å²) in [5, 5.41) is 15.8. The number of carbonyl (C=O) groups is 4. The summed E-state index contributed by atoms with van der Waals surface area (Å²) in [7, 11) is 0. The van der Waals surface area contributed by atoms with Crippen molar-refractivity contribution in [1.82, 2.24) is 10.6 Å². The third-order valence-corrected chi connectivity index (χ3v) is 6.34. The van der Waals surface area contributed by atoms with Gasteiger partial charge in [-0.2, -0.15) is 11.8 Å². The van der Waals surface area contributed by atoms with E-state index in [1.54, 1.807) is 27.7 Å². The number of thioether (sulfide) groups is 1. The molecule has 2 aliphatic rings. The minimum atomic E-state index is -1.62. The second kappa shape index (κ2) is 10.8. The Labute approximate surface area is 199 Å². The number of fused-ring (bicyclic) bond motifs is 1. The predicted molar refractivity (Wildman–Crippen MR) is 123 cm³/mol. The van der Waals surface area contributed by atoms with Crippen LogP contribution >= 0.6 is 11.8 Å². The molecule has 0 heterocycles. The molecule has 3 N–H and O–H groups in total. The average molecular weight is 489 g/mol. The number of ether oxygens (including phenoxy) is 3. The van der Waals surface area contributed by atoms with Gasteiger partial charge in [-0.15, -0.1) is 0 Å². The first-order valence-electron chi connectivity index (χ1n) is 10.9. The maximum absolute atomic E-state index is 13.3. The normalized spacial score (nSPS) is 28.7. The fourth-order valence-corrected chi connectivity index (χ4v) is 4.91. The Morgan fingerprint density at radius 3 is 2.55 bits per heavy atom. The molecule has 0 radical (unpaired) electrons. The number of alkyl carbamates (subject to hydrolysis) is 1. The van der Waals surface area contributed by atoms with Crippen LogP contribution in [0.5, 0.6) is 0 Å². The van der Waals surface area contributed by atoms with E-state index in [1.807, 2.05) is 6.26 Å². The summed E-state index contributed by atoms with van der Waals surface area (Å²) in [5.74, 6) is -3.45. The van der Waals surface area contributed by atoms with E-state index >= 15 is 0 Å². The molecule has 0 spiro atoms. The van der Waals surface area contributed by atoms with Gasteiger partial charge in [-0.05, 0) is 46.1 Å². The third kappa shape index (κ3) is 6.20. The highest BCUT2D eigenvalue weighted by atomic mass is 32.2. The van der Waals surface area contributed by atoms with Crippen LogP contribution in [-0.4, -0.2) is 70.9 Å². The number of carbonyl (C=O) groups excluding carboxylic acids is 4. The molecule has 2 fully saturated rings. The zero-order chi connectivity index (χ0) is 25.0. The van der Waals surface area contributed by atoms with Gasteiger partial charge in [0.25, 0.3) is 0 Å². The summed E-state index contributed by atoms with van der Waals surface area (Å²) in [6.07, 6.45) is 1.25. The molecule has 0 aliphatic heterocycles. The largest absolute Gasteiger partial charge is 0.464 e. The molecule has 0 aromatic heterocycles. The van der Waals surface area contributed by atoms with E-state index in [0.717, 1.165) is 6.26 Å². The summed E-state index contributed by atoms with van der Waals surface area (Å²) in [6.45, 7) is 10.1. The second-order valence-electron chi connectivity index (χ2n) is 9.17. The Kier molecular flexibility index (Phi) is 8.81. The Balaban J connectivity index is 0.00000578. The van der Waals surface area contributed by atoms with Crippen molar-refractivity contribution in [2.45, 2.75) is 63.8 Å². The summed E-state index contributed by atoms with van der Waals surface area (Å²) in [4.78, 5) is 50.9. The number of esters is 2. The lowest BCUT2D eigenvalue weighted by molar-refractivity contribution is -0.156. The van der Waals surface area contributed by atoms with Crippen molar-refractivity contribution in [3.05, 3.63) is 12.8 Å². The monoisotopic (exact) mass is 488 g/mol. The van der Waals surface area contributed by atoms with Gasteiger partial charge in [-0.1, -0.05) is 6.58 Å². The SMILES string of the molecule is C=COC(=O)[C@H]1[C@H]2[C@@H]1[C@@](NC(=O)C(CCSC)NC(=O)OC(C)(C)C)(C(=O)OCC)C[C@@H]2O.[HH]. The molecule has 2 aliphatic carbocycles. The van der Waals surface area contributed by atoms with Gasteiger partial charge in [0.1, 0.15) is 17.2 Å². The fraction of sp³-hybridized carbons (Fsp3) is 0.727. The zero-order valence-corrected chi connectivity index (χ0v) is 20.5. The smallest absolute Gasteiger partial charge is 0.408 e. The summed E-state index contributed by atoms with van der Waals surface area (Å²) in [5.41, 5.74) is -2.37. The summed E-state index contributed by atoms with van der Waals surface area (Å²) in [6, 6.07) is -0.993.